The number of aryl methyl sites for hydroxylation is 1. The second-order valence-corrected chi connectivity index (χ2v) is 13.3. The molecule has 1 aromatic heterocycles. The van der Waals surface area contributed by atoms with E-state index in [0.717, 1.165) is 56.6 Å². The first-order valence-electron chi connectivity index (χ1n) is 15.8. The molecule has 5 rings (SSSR count). The number of alkyl halides is 1. The van der Waals surface area contributed by atoms with Gasteiger partial charge >= 0.3 is 7.12 Å². The van der Waals surface area contributed by atoms with E-state index in [2.05, 4.69) is 25.4 Å². The van der Waals surface area contributed by atoms with Gasteiger partial charge in [-0.3, -0.25) is 14.6 Å². The molecule has 2 amide bonds. The summed E-state index contributed by atoms with van der Waals surface area (Å²) in [7, 11) is 0.470. The van der Waals surface area contributed by atoms with Crippen LogP contribution >= 0.6 is 11.6 Å². The number of halogens is 1. The first-order chi connectivity index (χ1) is 20.2. The van der Waals surface area contributed by atoms with Gasteiger partial charge in [-0.25, -0.2) is 0 Å². The molecular weight excluding hydrogens is 559 g/mol. The molecule has 3 aliphatic carbocycles. The van der Waals surface area contributed by atoms with Gasteiger partial charge in [-0.2, -0.15) is 0 Å². The predicted molar refractivity (Wildman–Crippen MR) is 160 cm³/mol. The van der Waals surface area contributed by atoms with Crippen LogP contribution in [0, 0.1) is 24.7 Å². The van der Waals surface area contributed by atoms with Crippen molar-refractivity contribution in [3.63, 3.8) is 0 Å². The summed E-state index contributed by atoms with van der Waals surface area (Å²) in [6.45, 7) is 2.65. The standard InChI is InChI=1S/C29H46BClN6O5/c1-17-35-36-28-24(16-26(38)32-13-14-33-29(39)19-3-7-20(8-4-19)30(40)41)34-27(18-5-9-21(31)10-6-18)23-15-22(42-2)11-12-25(23)37(17)28/h18-25,40-41H,3-16H2,1-2H3,(H,32,38)(H,33,39)/t18?,19?,20?,21?,22?,23?,24-,25?/m0/s1. The van der Waals surface area contributed by atoms with E-state index >= 15 is 0 Å². The Hall–Kier alpha value is -2.02. The SMILES string of the molecule is COC1CCC2C(C1)C(C1CCC(Cl)CC1)=N[C@@H](CC(=O)NCCNC(=O)C1CCC(B(O)O)CC1)c1nnc(C)n12. The molecule has 232 valence electrons. The largest absolute Gasteiger partial charge is 0.454 e. The van der Waals surface area contributed by atoms with E-state index < -0.39 is 13.2 Å². The Balaban J connectivity index is 1.23. The first-order valence-corrected chi connectivity index (χ1v) is 16.2. The molecule has 0 saturated heterocycles. The summed E-state index contributed by atoms with van der Waals surface area (Å²) in [5.74, 6) is 1.71. The predicted octanol–water partition coefficient (Wildman–Crippen LogP) is 2.89. The monoisotopic (exact) mass is 604 g/mol. The summed E-state index contributed by atoms with van der Waals surface area (Å²) in [5.41, 5.74) is 1.20. The van der Waals surface area contributed by atoms with Crippen LogP contribution in [0.3, 0.4) is 0 Å². The van der Waals surface area contributed by atoms with E-state index in [9.17, 15) is 19.6 Å². The lowest BCUT2D eigenvalue weighted by molar-refractivity contribution is -0.126. The van der Waals surface area contributed by atoms with Crippen molar-refractivity contribution in [2.24, 2.45) is 22.7 Å². The first kappa shape index (κ1) is 31.4. The lowest BCUT2D eigenvalue weighted by Crippen LogP contribution is -2.39. The molecule has 0 bridgehead atoms. The maximum atomic E-state index is 13.2. The fraction of sp³-hybridized carbons (Fsp3) is 0.828. The Bertz CT molecular complexity index is 1120. The van der Waals surface area contributed by atoms with Crippen LogP contribution in [0.1, 0.15) is 101 Å². The highest BCUT2D eigenvalue weighted by Gasteiger charge is 2.43. The molecule has 2 heterocycles. The van der Waals surface area contributed by atoms with Crippen LogP contribution in [0.5, 0.6) is 0 Å². The second-order valence-electron chi connectivity index (χ2n) is 12.7. The molecule has 3 unspecified atom stereocenters. The molecule has 3 fully saturated rings. The molecule has 13 heteroatoms. The van der Waals surface area contributed by atoms with Crippen LogP contribution < -0.4 is 10.6 Å². The highest BCUT2D eigenvalue weighted by molar-refractivity contribution is 6.43. The van der Waals surface area contributed by atoms with E-state index in [0.29, 0.717) is 44.7 Å². The van der Waals surface area contributed by atoms with Crippen molar-refractivity contribution in [2.75, 3.05) is 20.2 Å². The maximum Gasteiger partial charge on any atom is 0.454 e. The molecular formula is C29H46BClN6O5. The molecule has 4 aliphatic rings. The Morgan fingerprint density at radius 3 is 2.40 bits per heavy atom. The van der Waals surface area contributed by atoms with Gasteiger partial charge in [0.1, 0.15) is 11.9 Å². The quantitative estimate of drug-likeness (QED) is 0.192. The van der Waals surface area contributed by atoms with Crippen molar-refractivity contribution in [3.8, 4) is 0 Å². The van der Waals surface area contributed by atoms with Gasteiger partial charge in [0, 0.05) is 49.2 Å². The molecule has 1 aliphatic heterocycles. The van der Waals surface area contributed by atoms with E-state index in [1.807, 2.05) is 6.92 Å². The zero-order valence-corrected chi connectivity index (χ0v) is 25.6. The minimum Gasteiger partial charge on any atom is -0.427 e. The number of hydrogen-bond donors (Lipinski definition) is 4. The van der Waals surface area contributed by atoms with Gasteiger partial charge in [0.05, 0.1) is 12.5 Å². The van der Waals surface area contributed by atoms with Crippen molar-refractivity contribution in [1.82, 2.24) is 25.4 Å². The van der Waals surface area contributed by atoms with E-state index in [1.165, 1.54) is 5.71 Å². The third-order valence-electron chi connectivity index (χ3n) is 10.1. The Morgan fingerprint density at radius 1 is 1.00 bits per heavy atom. The lowest BCUT2D eigenvalue weighted by Gasteiger charge is -2.39. The molecule has 4 N–H and O–H groups in total. The molecule has 4 atom stereocenters. The molecule has 11 nitrogen and oxygen atoms in total. The number of carbonyl (C=O) groups excluding carboxylic acids is 2. The number of nitrogens with zero attached hydrogens (tertiary/aromatic N) is 4. The van der Waals surface area contributed by atoms with Gasteiger partial charge < -0.3 is 30.0 Å². The van der Waals surface area contributed by atoms with Crippen molar-refractivity contribution in [2.45, 2.75) is 113 Å². The topological polar surface area (TPSA) is 151 Å². The number of amides is 2. The highest BCUT2D eigenvalue weighted by atomic mass is 35.5. The molecule has 42 heavy (non-hydrogen) atoms. The molecule has 0 spiro atoms. The summed E-state index contributed by atoms with van der Waals surface area (Å²) in [5, 5.41) is 33.8. The average molecular weight is 605 g/mol. The molecule has 0 radical (unpaired) electrons. The number of aromatic nitrogens is 3. The lowest BCUT2D eigenvalue weighted by atomic mass is 9.63. The highest BCUT2D eigenvalue weighted by Crippen LogP contribution is 2.45. The molecule has 3 saturated carbocycles. The number of nitrogens with one attached hydrogen (secondary N) is 2. The van der Waals surface area contributed by atoms with E-state index in [-0.39, 0.29) is 53.4 Å². The van der Waals surface area contributed by atoms with Crippen LogP contribution in [0.25, 0.3) is 0 Å². The maximum absolute atomic E-state index is 13.2. The summed E-state index contributed by atoms with van der Waals surface area (Å²) in [4.78, 5) is 31.1. The smallest absolute Gasteiger partial charge is 0.427 e. The second kappa shape index (κ2) is 14.2. The minimum atomic E-state index is -1.32. The van der Waals surface area contributed by atoms with Crippen molar-refractivity contribution in [1.29, 1.82) is 0 Å². The summed E-state index contributed by atoms with van der Waals surface area (Å²) >= 11 is 6.47. The third kappa shape index (κ3) is 7.19. The van der Waals surface area contributed by atoms with Gasteiger partial charge in [0.25, 0.3) is 0 Å². The average Bonchev–Trinajstić information content (AvgIpc) is 3.32. The Kier molecular flexibility index (Phi) is 10.6. The number of carbonyl (C=O) groups is 2. The van der Waals surface area contributed by atoms with Crippen molar-refractivity contribution in [3.05, 3.63) is 11.6 Å². The van der Waals surface area contributed by atoms with Crippen LogP contribution in [0.2, 0.25) is 5.82 Å². The number of hydrogen-bond acceptors (Lipinski definition) is 8. The number of ether oxygens (including phenoxy) is 1. The van der Waals surface area contributed by atoms with Crippen LogP contribution in [0.4, 0.5) is 0 Å². The zero-order chi connectivity index (χ0) is 29.8. The van der Waals surface area contributed by atoms with Crippen molar-refractivity contribution < 1.29 is 24.4 Å². The van der Waals surface area contributed by atoms with Gasteiger partial charge in [0.15, 0.2) is 5.82 Å². The number of methoxy groups -OCH3 is 1. The van der Waals surface area contributed by atoms with Crippen LogP contribution in [-0.4, -0.2) is 81.1 Å². The molecule has 0 aromatic carbocycles. The summed E-state index contributed by atoms with van der Waals surface area (Å²) in [6.07, 6.45) is 9.69. The zero-order valence-electron chi connectivity index (χ0n) is 24.9. The summed E-state index contributed by atoms with van der Waals surface area (Å²) < 4.78 is 8.06. The molecule has 1 aromatic rings. The Labute approximate surface area is 253 Å². The number of fused-ring (bicyclic) bond motifs is 3. The van der Waals surface area contributed by atoms with Gasteiger partial charge in [0.2, 0.25) is 11.8 Å². The number of aliphatic imine (C=N–C) groups is 1. The Morgan fingerprint density at radius 2 is 1.71 bits per heavy atom. The number of rotatable bonds is 9. The van der Waals surface area contributed by atoms with Gasteiger partial charge in [-0.1, -0.05) is 12.8 Å². The fourth-order valence-corrected chi connectivity index (χ4v) is 7.92. The van der Waals surface area contributed by atoms with Gasteiger partial charge in [-0.15, -0.1) is 21.8 Å². The van der Waals surface area contributed by atoms with Crippen LogP contribution in [-0.2, 0) is 14.3 Å². The van der Waals surface area contributed by atoms with Crippen LogP contribution in [0.15, 0.2) is 4.99 Å². The van der Waals surface area contributed by atoms with Gasteiger partial charge in [-0.05, 0) is 76.4 Å². The van der Waals surface area contributed by atoms with E-state index in [4.69, 9.17) is 21.3 Å². The van der Waals surface area contributed by atoms with E-state index in [1.54, 1.807) is 7.11 Å². The fourth-order valence-electron chi connectivity index (χ4n) is 7.67. The normalized spacial score (nSPS) is 33.0. The third-order valence-corrected chi connectivity index (χ3v) is 10.5. The minimum absolute atomic E-state index is 0.0413. The summed E-state index contributed by atoms with van der Waals surface area (Å²) in [6, 6.07) is -0.221. The van der Waals surface area contributed by atoms with Crippen molar-refractivity contribution >= 4 is 36.2 Å².